The summed E-state index contributed by atoms with van der Waals surface area (Å²) in [5.74, 6) is -0.540. The molecule has 0 heterocycles. The van der Waals surface area contributed by atoms with Crippen LogP contribution in [-0.4, -0.2) is 118 Å². The zero-order valence-corrected chi connectivity index (χ0v) is 29.4. The summed E-state index contributed by atoms with van der Waals surface area (Å²) in [6.45, 7) is 8.31. The average Bonchev–Trinajstić information content (AvgIpc) is 3.06. The number of hydrogen-bond acceptors (Lipinski definition) is 11. The van der Waals surface area contributed by atoms with E-state index in [1.807, 2.05) is 0 Å². The van der Waals surface area contributed by atoms with Gasteiger partial charge in [0.05, 0.1) is 93.0 Å². The second-order valence-electron chi connectivity index (χ2n) is 11.2. The molecule has 0 radical (unpaired) electrons. The first-order valence-corrected chi connectivity index (χ1v) is 18.0. The maximum Gasteiger partial charge on any atom is 0.331 e. The van der Waals surface area contributed by atoms with Crippen LogP contribution in [0.1, 0.15) is 110 Å². The van der Waals surface area contributed by atoms with E-state index in [9.17, 15) is 9.59 Å². The lowest BCUT2D eigenvalue weighted by Gasteiger charge is -2.08. The molecule has 0 aliphatic rings. The number of esters is 2. The zero-order valence-electron chi connectivity index (χ0n) is 29.4. The molecule has 0 aromatic heterocycles. The first kappa shape index (κ1) is 44.7. The number of carbonyl (C=O) groups is 2. The first-order chi connectivity index (χ1) is 22.7. The van der Waals surface area contributed by atoms with Gasteiger partial charge in [-0.1, -0.05) is 96.8 Å². The minimum Gasteiger partial charge on any atom is -0.467 e. The SMILES string of the molecule is CCCCCCCCCCCCCCCCCC(=O)OCCOCCOCCOCCOCCOCCOCCOCC(=O)OC. The van der Waals surface area contributed by atoms with Crippen LogP contribution < -0.4 is 0 Å². The van der Waals surface area contributed by atoms with Gasteiger partial charge >= 0.3 is 11.9 Å². The van der Waals surface area contributed by atoms with Gasteiger partial charge in [0.15, 0.2) is 0 Å². The van der Waals surface area contributed by atoms with Crippen molar-refractivity contribution in [3.63, 3.8) is 0 Å². The Labute approximate surface area is 279 Å². The van der Waals surface area contributed by atoms with Crippen LogP contribution in [0.25, 0.3) is 0 Å². The lowest BCUT2D eigenvalue weighted by atomic mass is 10.0. The number of unbranched alkanes of at least 4 members (excludes halogenated alkanes) is 14. The molecule has 0 aromatic rings. The molecule has 0 saturated carbocycles. The van der Waals surface area contributed by atoms with E-state index in [0.29, 0.717) is 92.3 Å². The molecule has 46 heavy (non-hydrogen) atoms. The van der Waals surface area contributed by atoms with Crippen molar-refractivity contribution < 1.29 is 52.2 Å². The highest BCUT2D eigenvalue weighted by atomic mass is 16.6. The number of ether oxygens (including phenoxy) is 9. The number of methoxy groups -OCH3 is 1. The Balaban J connectivity index is 3.15. The van der Waals surface area contributed by atoms with Gasteiger partial charge in [0.25, 0.3) is 0 Å². The van der Waals surface area contributed by atoms with Gasteiger partial charge in [-0.3, -0.25) is 4.79 Å². The Morgan fingerprint density at radius 3 is 1.02 bits per heavy atom. The first-order valence-electron chi connectivity index (χ1n) is 18.0. The fourth-order valence-electron chi connectivity index (χ4n) is 4.46. The Bertz CT molecular complexity index is 621. The van der Waals surface area contributed by atoms with Crippen molar-refractivity contribution in [1.29, 1.82) is 0 Å². The summed E-state index contributed by atoms with van der Waals surface area (Å²) in [5.41, 5.74) is 0. The van der Waals surface area contributed by atoms with Gasteiger partial charge in [0.1, 0.15) is 13.2 Å². The van der Waals surface area contributed by atoms with E-state index in [2.05, 4.69) is 11.7 Å². The summed E-state index contributed by atoms with van der Waals surface area (Å²) < 4.78 is 47.3. The van der Waals surface area contributed by atoms with Crippen LogP contribution in [0.4, 0.5) is 0 Å². The molecule has 0 fully saturated rings. The van der Waals surface area contributed by atoms with Crippen molar-refractivity contribution in [2.75, 3.05) is 106 Å². The monoisotopic (exact) mass is 664 g/mol. The summed E-state index contributed by atoms with van der Waals surface area (Å²) in [6.07, 6.45) is 20.2. The molecule has 0 rings (SSSR count). The molecule has 0 unspecified atom stereocenters. The molecule has 0 saturated heterocycles. The van der Waals surface area contributed by atoms with Gasteiger partial charge in [0.2, 0.25) is 0 Å². The van der Waals surface area contributed by atoms with E-state index < -0.39 is 5.97 Å². The van der Waals surface area contributed by atoms with E-state index in [-0.39, 0.29) is 19.2 Å². The summed E-state index contributed by atoms with van der Waals surface area (Å²) in [4.78, 5) is 22.7. The van der Waals surface area contributed by atoms with Crippen LogP contribution in [0.5, 0.6) is 0 Å². The largest absolute Gasteiger partial charge is 0.467 e. The van der Waals surface area contributed by atoms with Crippen molar-refractivity contribution in [2.45, 2.75) is 110 Å². The van der Waals surface area contributed by atoms with Gasteiger partial charge in [-0.15, -0.1) is 0 Å². The highest BCUT2D eigenvalue weighted by Gasteiger charge is 2.03. The van der Waals surface area contributed by atoms with E-state index >= 15 is 0 Å². The van der Waals surface area contributed by atoms with Crippen molar-refractivity contribution in [3.05, 3.63) is 0 Å². The Morgan fingerprint density at radius 2 is 0.674 bits per heavy atom. The zero-order chi connectivity index (χ0) is 33.4. The van der Waals surface area contributed by atoms with E-state index in [1.54, 1.807) is 0 Å². The maximum absolute atomic E-state index is 11.9. The molecule has 0 atom stereocenters. The molecular formula is C35H68O11. The summed E-state index contributed by atoms with van der Waals surface area (Å²) in [7, 11) is 1.32. The normalized spacial score (nSPS) is 11.3. The highest BCUT2D eigenvalue weighted by Crippen LogP contribution is 2.13. The summed E-state index contributed by atoms with van der Waals surface area (Å²) in [6, 6.07) is 0. The lowest BCUT2D eigenvalue weighted by molar-refractivity contribution is -0.146. The molecule has 0 aromatic carbocycles. The lowest BCUT2D eigenvalue weighted by Crippen LogP contribution is -2.16. The van der Waals surface area contributed by atoms with Crippen LogP contribution in [0.15, 0.2) is 0 Å². The van der Waals surface area contributed by atoms with E-state index in [4.69, 9.17) is 37.9 Å². The van der Waals surface area contributed by atoms with Gasteiger partial charge in [-0.05, 0) is 6.42 Å². The molecule has 11 nitrogen and oxygen atoms in total. The Morgan fingerprint density at radius 1 is 0.370 bits per heavy atom. The molecule has 0 amide bonds. The number of rotatable bonds is 39. The second kappa shape index (κ2) is 39.8. The van der Waals surface area contributed by atoms with E-state index in [1.165, 1.54) is 90.6 Å². The second-order valence-corrected chi connectivity index (χ2v) is 11.2. The molecule has 0 N–H and O–H groups in total. The fraction of sp³-hybridized carbons (Fsp3) is 0.943. The number of carbonyl (C=O) groups excluding carboxylic acids is 2. The van der Waals surface area contributed by atoms with Crippen LogP contribution in [-0.2, 0) is 52.2 Å². The quantitative estimate of drug-likeness (QED) is 0.0562. The van der Waals surface area contributed by atoms with Crippen LogP contribution in [0, 0.1) is 0 Å². The molecule has 0 aliphatic carbocycles. The standard InChI is InChI=1S/C35H68O11/c1-3-4-5-6-7-8-9-10-11-12-13-14-15-16-17-18-34(36)46-32-31-44-28-27-42-24-23-40-20-19-39-21-22-41-25-26-43-29-30-45-33-35(37)38-2/h3-33H2,1-2H3. The molecule has 11 heteroatoms. The minimum atomic E-state index is -0.406. The topological polar surface area (TPSA) is 117 Å². The fourth-order valence-corrected chi connectivity index (χ4v) is 4.46. The third-order valence-electron chi connectivity index (χ3n) is 7.15. The smallest absolute Gasteiger partial charge is 0.331 e. The molecule has 0 aliphatic heterocycles. The van der Waals surface area contributed by atoms with Crippen LogP contribution >= 0.6 is 0 Å². The average molecular weight is 665 g/mol. The summed E-state index contributed by atoms with van der Waals surface area (Å²) in [5, 5.41) is 0. The van der Waals surface area contributed by atoms with Crippen molar-refractivity contribution >= 4 is 11.9 Å². The van der Waals surface area contributed by atoms with Crippen molar-refractivity contribution in [2.24, 2.45) is 0 Å². The van der Waals surface area contributed by atoms with Gasteiger partial charge in [0, 0.05) is 6.42 Å². The minimum absolute atomic E-state index is 0.0693. The number of hydrogen-bond donors (Lipinski definition) is 0. The summed E-state index contributed by atoms with van der Waals surface area (Å²) >= 11 is 0. The third-order valence-corrected chi connectivity index (χ3v) is 7.15. The molecule has 0 spiro atoms. The van der Waals surface area contributed by atoms with Crippen LogP contribution in [0.3, 0.4) is 0 Å². The highest BCUT2D eigenvalue weighted by molar-refractivity contribution is 5.70. The molecular weight excluding hydrogens is 596 g/mol. The molecule has 274 valence electrons. The van der Waals surface area contributed by atoms with Gasteiger partial charge < -0.3 is 42.6 Å². The Kier molecular flexibility index (Phi) is 38.7. The van der Waals surface area contributed by atoms with Crippen LogP contribution in [0.2, 0.25) is 0 Å². The van der Waals surface area contributed by atoms with Crippen molar-refractivity contribution in [3.8, 4) is 0 Å². The predicted molar refractivity (Wildman–Crippen MR) is 178 cm³/mol. The van der Waals surface area contributed by atoms with Crippen molar-refractivity contribution in [1.82, 2.24) is 0 Å². The third kappa shape index (κ3) is 38.8. The maximum atomic E-state index is 11.9. The van der Waals surface area contributed by atoms with E-state index in [0.717, 1.165) is 12.8 Å². The van der Waals surface area contributed by atoms with Gasteiger partial charge in [-0.2, -0.15) is 0 Å². The Hall–Kier alpha value is -1.34. The van der Waals surface area contributed by atoms with Gasteiger partial charge in [-0.25, -0.2) is 4.79 Å². The molecule has 0 bridgehead atoms. The predicted octanol–water partition coefficient (Wildman–Crippen LogP) is 6.08.